The Balaban J connectivity index is 2.74. The van der Waals surface area contributed by atoms with E-state index in [0.29, 0.717) is 0 Å². The van der Waals surface area contributed by atoms with Crippen LogP contribution in [0.5, 0.6) is 5.88 Å². The third-order valence-corrected chi connectivity index (χ3v) is 4.21. The topological polar surface area (TPSA) is 94.4 Å². The summed E-state index contributed by atoms with van der Waals surface area (Å²) in [6.45, 7) is 3.34. The highest BCUT2D eigenvalue weighted by atomic mass is 19.4. The summed E-state index contributed by atoms with van der Waals surface area (Å²) in [5.41, 5.74) is -1.13. The molecule has 0 bridgehead atoms. The Morgan fingerprint density at radius 2 is 1.93 bits per heavy atom. The molecule has 160 valence electrons. The first-order valence-corrected chi connectivity index (χ1v) is 8.83. The van der Waals surface area contributed by atoms with E-state index >= 15 is 0 Å². The maximum absolute atomic E-state index is 13.3. The fourth-order valence-electron chi connectivity index (χ4n) is 2.58. The number of hydrogen-bond donors (Lipinski definition) is 1. The van der Waals surface area contributed by atoms with E-state index in [0.717, 1.165) is 19.2 Å². The average Bonchev–Trinajstić information content (AvgIpc) is 2.69. The number of halogens is 3. The zero-order chi connectivity index (χ0) is 22.6. The van der Waals surface area contributed by atoms with Crippen molar-refractivity contribution >= 4 is 23.2 Å². The summed E-state index contributed by atoms with van der Waals surface area (Å²) >= 11 is 0. The summed E-state index contributed by atoms with van der Waals surface area (Å²) in [6.07, 6.45) is -2.18. The molecule has 0 atom stereocenters. The van der Waals surface area contributed by atoms with Gasteiger partial charge in [-0.05, 0) is 36.4 Å². The van der Waals surface area contributed by atoms with Crippen LogP contribution in [0.2, 0.25) is 0 Å². The fourth-order valence-corrected chi connectivity index (χ4v) is 2.58. The lowest BCUT2D eigenvalue weighted by molar-refractivity contribution is -0.386. The molecule has 0 fully saturated rings. The summed E-state index contributed by atoms with van der Waals surface area (Å²) in [5.74, 6) is -0.971. The lowest BCUT2D eigenvalue weighted by Crippen LogP contribution is -2.07. The molecule has 0 saturated carbocycles. The Labute approximate surface area is 170 Å². The van der Waals surface area contributed by atoms with E-state index in [1.807, 2.05) is 0 Å². The van der Waals surface area contributed by atoms with Crippen LogP contribution >= 0.6 is 0 Å². The second-order valence-electron chi connectivity index (χ2n) is 6.65. The van der Waals surface area contributed by atoms with Crippen molar-refractivity contribution in [1.29, 1.82) is 0 Å². The van der Waals surface area contributed by atoms with E-state index in [2.05, 4.69) is 10.3 Å². The van der Waals surface area contributed by atoms with Gasteiger partial charge in [-0.1, -0.05) is 13.8 Å². The predicted octanol–water partition coefficient (Wildman–Crippen LogP) is 4.96. The number of alkyl halides is 3. The maximum atomic E-state index is 13.3. The van der Waals surface area contributed by atoms with E-state index in [4.69, 9.17) is 4.74 Å². The number of allylic oxidation sites excluding steroid dienone is 1. The molecule has 2 rings (SSSR count). The number of nitro groups is 1. The molecule has 0 saturated heterocycles. The molecule has 2 aromatic rings. The van der Waals surface area contributed by atoms with Gasteiger partial charge < -0.3 is 10.1 Å². The third-order valence-electron chi connectivity index (χ3n) is 4.21. The third kappa shape index (κ3) is 5.13. The minimum absolute atomic E-state index is 0.0146. The highest BCUT2D eigenvalue weighted by molar-refractivity contribution is 5.95. The van der Waals surface area contributed by atoms with Crippen LogP contribution in [0.25, 0.3) is 17.3 Å². The van der Waals surface area contributed by atoms with Gasteiger partial charge in [0.1, 0.15) is 0 Å². The van der Waals surface area contributed by atoms with Gasteiger partial charge in [0.15, 0.2) is 5.78 Å². The van der Waals surface area contributed by atoms with Crippen molar-refractivity contribution in [2.45, 2.75) is 20.0 Å². The lowest BCUT2D eigenvalue weighted by Gasteiger charge is -2.13. The lowest BCUT2D eigenvalue weighted by atomic mass is 10.0. The number of methoxy groups -OCH3 is 1. The summed E-state index contributed by atoms with van der Waals surface area (Å²) in [5, 5.41) is 14.2. The van der Waals surface area contributed by atoms with Gasteiger partial charge in [-0.25, -0.2) is 4.98 Å². The minimum Gasteiger partial charge on any atom is -0.476 e. The van der Waals surface area contributed by atoms with Crippen LogP contribution in [-0.2, 0) is 11.0 Å². The molecule has 0 aliphatic carbocycles. The van der Waals surface area contributed by atoms with Gasteiger partial charge in [0, 0.05) is 24.2 Å². The molecule has 0 unspecified atom stereocenters. The number of ether oxygens (including phenoxy) is 1. The summed E-state index contributed by atoms with van der Waals surface area (Å²) in [6, 6.07) is 4.50. The van der Waals surface area contributed by atoms with Crippen molar-refractivity contribution in [3.63, 3.8) is 0 Å². The van der Waals surface area contributed by atoms with Crippen molar-refractivity contribution in [2.24, 2.45) is 5.92 Å². The van der Waals surface area contributed by atoms with Gasteiger partial charge in [-0.2, -0.15) is 13.2 Å². The molecule has 0 aliphatic heterocycles. The summed E-state index contributed by atoms with van der Waals surface area (Å²) in [7, 11) is 2.63. The standard InChI is InChI=1S/C20H20F3N3O4/c1-11(2)17(27)6-5-12-9-16(25-19(30-4)18(12)26(28)29)13-7-14(20(21,22)23)10-15(8-13)24-3/h5-11,24H,1-4H3/b6-5+. The number of pyridine rings is 1. The maximum Gasteiger partial charge on any atom is 0.416 e. The van der Waals surface area contributed by atoms with Crippen LogP contribution < -0.4 is 10.1 Å². The van der Waals surface area contributed by atoms with Crippen LogP contribution in [0.3, 0.4) is 0 Å². The largest absolute Gasteiger partial charge is 0.476 e. The van der Waals surface area contributed by atoms with Crippen molar-refractivity contribution in [1.82, 2.24) is 4.98 Å². The van der Waals surface area contributed by atoms with Gasteiger partial charge in [0.2, 0.25) is 0 Å². The highest BCUT2D eigenvalue weighted by Gasteiger charge is 2.32. The Morgan fingerprint density at radius 3 is 2.43 bits per heavy atom. The number of rotatable bonds is 7. The quantitative estimate of drug-likeness (QED) is 0.384. The fraction of sp³-hybridized carbons (Fsp3) is 0.300. The normalized spacial score (nSPS) is 11.7. The molecule has 30 heavy (non-hydrogen) atoms. The Hall–Kier alpha value is -3.43. The molecule has 1 N–H and O–H groups in total. The van der Waals surface area contributed by atoms with E-state index in [-0.39, 0.29) is 40.1 Å². The van der Waals surface area contributed by atoms with E-state index in [1.165, 1.54) is 31.3 Å². The van der Waals surface area contributed by atoms with E-state index < -0.39 is 22.4 Å². The van der Waals surface area contributed by atoms with Crippen LogP contribution in [0.15, 0.2) is 30.3 Å². The Morgan fingerprint density at radius 1 is 1.27 bits per heavy atom. The number of nitrogens with zero attached hydrogens (tertiary/aromatic N) is 2. The predicted molar refractivity (Wildman–Crippen MR) is 106 cm³/mol. The zero-order valence-electron chi connectivity index (χ0n) is 16.7. The van der Waals surface area contributed by atoms with E-state index in [9.17, 15) is 28.1 Å². The number of ketones is 1. The molecule has 0 aliphatic rings. The molecule has 1 aromatic heterocycles. The summed E-state index contributed by atoms with van der Waals surface area (Å²) in [4.78, 5) is 26.7. The molecule has 10 heteroatoms. The molecule has 0 spiro atoms. The van der Waals surface area contributed by atoms with Gasteiger partial charge in [0.05, 0.1) is 28.9 Å². The number of nitrogens with one attached hydrogen (secondary N) is 1. The Kier molecular flexibility index (Phi) is 6.81. The van der Waals surface area contributed by atoms with Crippen molar-refractivity contribution in [3.05, 3.63) is 51.6 Å². The second-order valence-corrected chi connectivity index (χ2v) is 6.65. The van der Waals surface area contributed by atoms with Crippen molar-refractivity contribution in [2.75, 3.05) is 19.5 Å². The molecule has 1 heterocycles. The van der Waals surface area contributed by atoms with Crippen molar-refractivity contribution in [3.8, 4) is 17.1 Å². The van der Waals surface area contributed by atoms with Gasteiger partial charge in [0.25, 0.3) is 5.88 Å². The molecule has 0 amide bonds. The second kappa shape index (κ2) is 8.93. The van der Waals surface area contributed by atoms with E-state index in [1.54, 1.807) is 13.8 Å². The zero-order valence-corrected chi connectivity index (χ0v) is 16.7. The monoisotopic (exact) mass is 423 g/mol. The Bertz CT molecular complexity index is 1000. The number of benzene rings is 1. The van der Waals surface area contributed by atoms with Crippen LogP contribution in [0.1, 0.15) is 25.0 Å². The first kappa shape index (κ1) is 22.9. The first-order chi connectivity index (χ1) is 14.0. The smallest absolute Gasteiger partial charge is 0.416 e. The number of anilines is 1. The molecular weight excluding hydrogens is 403 g/mol. The molecule has 0 radical (unpaired) electrons. The summed E-state index contributed by atoms with van der Waals surface area (Å²) < 4.78 is 44.8. The SMILES string of the molecule is CNc1cc(-c2cc(/C=C/C(=O)C(C)C)c([N+](=O)[O-])c(OC)n2)cc(C(F)(F)F)c1. The molecule has 1 aromatic carbocycles. The average molecular weight is 423 g/mol. The molecular formula is C20H20F3N3O4. The number of aromatic nitrogens is 1. The van der Waals surface area contributed by atoms with Crippen LogP contribution in [-0.4, -0.2) is 29.8 Å². The van der Waals surface area contributed by atoms with Gasteiger partial charge in [-0.3, -0.25) is 14.9 Å². The minimum atomic E-state index is -4.60. The van der Waals surface area contributed by atoms with Gasteiger partial charge in [-0.15, -0.1) is 0 Å². The number of carbonyl (C=O) groups excluding carboxylic acids is 1. The first-order valence-electron chi connectivity index (χ1n) is 8.83. The van der Waals surface area contributed by atoms with Crippen LogP contribution in [0, 0.1) is 16.0 Å². The number of hydrogen-bond acceptors (Lipinski definition) is 6. The number of carbonyl (C=O) groups is 1. The van der Waals surface area contributed by atoms with Crippen LogP contribution in [0.4, 0.5) is 24.5 Å². The highest BCUT2D eigenvalue weighted by Crippen LogP contribution is 2.38. The van der Waals surface area contributed by atoms with Gasteiger partial charge >= 0.3 is 11.9 Å². The van der Waals surface area contributed by atoms with Crippen molar-refractivity contribution < 1.29 is 27.6 Å². The molecule has 7 nitrogen and oxygen atoms in total.